The van der Waals surface area contributed by atoms with Crippen LogP contribution in [0.5, 0.6) is 0 Å². The number of urea groups is 1. The number of alkyl halides is 1. The van der Waals surface area contributed by atoms with Crippen LogP contribution in [-0.2, 0) is 23.8 Å². The first-order valence-electron chi connectivity index (χ1n) is 9.72. The summed E-state index contributed by atoms with van der Waals surface area (Å²) in [5, 5.41) is 12.0. The third-order valence-corrected chi connectivity index (χ3v) is 6.32. The molecule has 5 atom stereocenters. The minimum atomic E-state index is -1.13. The molecular weight excluding hydrogens is 436 g/mol. The van der Waals surface area contributed by atoms with Gasteiger partial charge in [0.05, 0.1) is 6.61 Å². The van der Waals surface area contributed by atoms with Crippen molar-refractivity contribution in [3.05, 3.63) is 0 Å². The number of hydrogen-bond donors (Lipinski definition) is 2. The highest BCUT2D eigenvalue weighted by atomic mass is 79.9. The average molecular weight is 465 g/mol. The molecule has 9 nitrogen and oxygen atoms in total. The Hall–Kier alpha value is -1.23. The van der Waals surface area contributed by atoms with Crippen molar-refractivity contribution in [2.75, 3.05) is 13.2 Å². The molecule has 2 saturated heterocycles. The Morgan fingerprint density at radius 2 is 2.11 bits per heavy atom. The number of amides is 3. The molecule has 160 valence electrons. The number of aliphatic hydroxyl groups excluding tert-OH is 1. The average Bonchev–Trinajstić information content (AvgIpc) is 3.06. The first-order chi connectivity index (χ1) is 13.3. The van der Waals surface area contributed by atoms with Gasteiger partial charge in [0.1, 0.15) is 22.8 Å². The Morgan fingerprint density at radius 1 is 1.39 bits per heavy atom. The quantitative estimate of drug-likeness (QED) is 0.393. The van der Waals surface area contributed by atoms with Gasteiger partial charge < -0.3 is 19.3 Å². The fraction of sp³-hybridized carbons (Fsp3) is 0.833. The number of nitrogens with one attached hydrogen (secondary N) is 1. The first kappa shape index (κ1) is 23.1. The summed E-state index contributed by atoms with van der Waals surface area (Å²) in [6.07, 6.45) is -0.725. The Balaban J connectivity index is 2.20. The third-order valence-electron chi connectivity index (χ3n) is 5.00. The van der Waals surface area contributed by atoms with E-state index in [0.717, 1.165) is 6.42 Å². The number of esters is 1. The molecule has 10 heteroatoms. The van der Waals surface area contributed by atoms with Gasteiger partial charge >= 0.3 is 12.0 Å². The normalized spacial score (nSPS) is 33.1. The summed E-state index contributed by atoms with van der Waals surface area (Å²) in [6, 6.07) is -0.647. The Morgan fingerprint density at radius 3 is 2.68 bits per heavy atom. The highest BCUT2D eigenvalue weighted by molar-refractivity contribution is 9.10. The lowest BCUT2D eigenvalue weighted by atomic mass is 9.99. The fourth-order valence-corrected chi connectivity index (χ4v) is 3.85. The number of ether oxygens (including phenoxy) is 3. The lowest BCUT2D eigenvalue weighted by molar-refractivity contribution is -0.163. The van der Waals surface area contributed by atoms with Crippen molar-refractivity contribution in [1.82, 2.24) is 10.2 Å². The number of unbranched alkanes of at least 4 members (excludes halogenated alkanes) is 1. The molecule has 2 unspecified atom stereocenters. The monoisotopic (exact) mass is 464 g/mol. The maximum Gasteiger partial charge on any atom is 0.328 e. The standard InChI is InChI=1S/C18H29BrN2O7/c1-4-7-8-14(23)28-11-9-13(27-12(11)10-22)21-16(26-6-3)18(19,5-2)15(24)20-17(21)25/h11-13,16,22H,4-10H2,1-3H3,(H,20,24,25)/t11-,12+,13+,16?,18?/m0/s1. The topological polar surface area (TPSA) is 114 Å². The maximum absolute atomic E-state index is 12.6. The van der Waals surface area contributed by atoms with Crippen LogP contribution in [0.15, 0.2) is 0 Å². The van der Waals surface area contributed by atoms with Gasteiger partial charge in [-0.05, 0) is 19.8 Å². The van der Waals surface area contributed by atoms with Crippen molar-refractivity contribution < 1.29 is 33.7 Å². The van der Waals surface area contributed by atoms with E-state index in [4.69, 9.17) is 14.2 Å². The van der Waals surface area contributed by atoms with Crippen LogP contribution in [0.4, 0.5) is 4.79 Å². The van der Waals surface area contributed by atoms with Crippen LogP contribution in [0.2, 0.25) is 0 Å². The molecule has 2 rings (SSSR count). The second-order valence-corrected chi connectivity index (χ2v) is 8.28. The van der Waals surface area contributed by atoms with Crippen molar-refractivity contribution >= 4 is 33.8 Å². The highest BCUT2D eigenvalue weighted by Gasteiger charge is 2.56. The summed E-state index contributed by atoms with van der Waals surface area (Å²) < 4.78 is 15.9. The zero-order valence-corrected chi connectivity index (χ0v) is 18.1. The van der Waals surface area contributed by atoms with E-state index in [2.05, 4.69) is 21.2 Å². The molecule has 0 aromatic carbocycles. The Kier molecular flexibility index (Phi) is 8.23. The number of nitrogens with zero attached hydrogens (tertiary/aromatic N) is 1. The van der Waals surface area contributed by atoms with E-state index in [1.165, 1.54) is 4.90 Å². The molecule has 2 heterocycles. The van der Waals surface area contributed by atoms with Crippen molar-refractivity contribution in [3.8, 4) is 0 Å². The van der Waals surface area contributed by atoms with Gasteiger partial charge in [-0.15, -0.1) is 0 Å². The van der Waals surface area contributed by atoms with Gasteiger partial charge in [-0.2, -0.15) is 0 Å². The van der Waals surface area contributed by atoms with Crippen LogP contribution < -0.4 is 5.32 Å². The number of carbonyl (C=O) groups excluding carboxylic acids is 3. The molecule has 28 heavy (non-hydrogen) atoms. The molecule has 0 aromatic rings. The van der Waals surface area contributed by atoms with Gasteiger partial charge in [0.15, 0.2) is 6.23 Å². The molecule has 2 aliphatic heterocycles. The smallest absolute Gasteiger partial charge is 0.328 e. The van der Waals surface area contributed by atoms with Crippen molar-refractivity contribution in [1.29, 1.82) is 0 Å². The van der Waals surface area contributed by atoms with Gasteiger partial charge in [-0.3, -0.25) is 19.8 Å². The van der Waals surface area contributed by atoms with Crippen molar-refractivity contribution in [2.24, 2.45) is 0 Å². The van der Waals surface area contributed by atoms with E-state index in [9.17, 15) is 19.5 Å². The van der Waals surface area contributed by atoms with Gasteiger partial charge in [0, 0.05) is 19.4 Å². The minimum absolute atomic E-state index is 0.182. The number of halogens is 1. The van der Waals surface area contributed by atoms with Crippen LogP contribution >= 0.6 is 15.9 Å². The second-order valence-electron chi connectivity index (χ2n) is 6.87. The van der Waals surface area contributed by atoms with Crippen LogP contribution in [0, 0.1) is 0 Å². The summed E-state index contributed by atoms with van der Waals surface area (Å²) in [5.74, 6) is -0.841. The summed E-state index contributed by atoms with van der Waals surface area (Å²) in [7, 11) is 0. The first-order valence-corrected chi connectivity index (χ1v) is 10.5. The van der Waals surface area contributed by atoms with Crippen LogP contribution in [0.25, 0.3) is 0 Å². The number of rotatable bonds is 9. The second kappa shape index (κ2) is 10.00. The fourth-order valence-electron chi connectivity index (χ4n) is 3.40. The number of carbonyl (C=O) groups is 3. The van der Waals surface area contributed by atoms with Crippen molar-refractivity contribution in [3.63, 3.8) is 0 Å². The summed E-state index contributed by atoms with van der Waals surface area (Å²) in [5.41, 5.74) is 0. The molecule has 2 fully saturated rings. The van der Waals surface area contributed by atoms with Gasteiger partial charge in [-0.25, -0.2) is 4.79 Å². The molecule has 0 aromatic heterocycles. The molecule has 0 saturated carbocycles. The molecule has 2 N–H and O–H groups in total. The Labute approximate surface area is 173 Å². The van der Waals surface area contributed by atoms with Gasteiger partial charge in [0.2, 0.25) is 5.91 Å². The summed E-state index contributed by atoms with van der Waals surface area (Å²) >= 11 is 3.44. The van der Waals surface area contributed by atoms with E-state index in [1.54, 1.807) is 13.8 Å². The SMILES string of the molecule is CCCCC(=O)O[C@H]1C[C@H](N2C(=O)NC(=O)C(Br)(CC)C2OCC)O[C@@H]1CO. The summed E-state index contributed by atoms with van der Waals surface area (Å²) in [4.78, 5) is 38.3. The number of hydrogen-bond acceptors (Lipinski definition) is 7. The van der Waals surface area contributed by atoms with Crippen LogP contribution in [0.3, 0.4) is 0 Å². The zero-order valence-electron chi connectivity index (χ0n) is 16.5. The molecular formula is C18H29BrN2O7. The van der Waals surface area contributed by atoms with E-state index >= 15 is 0 Å². The zero-order chi connectivity index (χ0) is 20.9. The Bertz CT molecular complexity index is 590. The van der Waals surface area contributed by atoms with Gasteiger partial charge in [0.25, 0.3) is 0 Å². The lowest BCUT2D eigenvalue weighted by Gasteiger charge is -2.46. The number of aliphatic hydroxyl groups is 1. The van der Waals surface area contributed by atoms with E-state index in [-0.39, 0.29) is 32.0 Å². The summed E-state index contributed by atoms with van der Waals surface area (Å²) in [6.45, 7) is 5.47. The number of imide groups is 1. The lowest BCUT2D eigenvalue weighted by Crippen LogP contribution is -2.70. The largest absolute Gasteiger partial charge is 0.459 e. The predicted molar refractivity (Wildman–Crippen MR) is 103 cm³/mol. The van der Waals surface area contributed by atoms with Crippen LogP contribution in [0.1, 0.15) is 52.9 Å². The van der Waals surface area contributed by atoms with Crippen molar-refractivity contribution in [2.45, 2.75) is 81.9 Å². The maximum atomic E-state index is 12.6. The molecule has 3 amide bonds. The van der Waals surface area contributed by atoms with Gasteiger partial charge in [-0.1, -0.05) is 36.2 Å². The predicted octanol–water partition coefficient (Wildman–Crippen LogP) is 1.65. The molecule has 0 radical (unpaired) electrons. The molecule has 0 bridgehead atoms. The molecule has 0 spiro atoms. The molecule has 2 aliphatic rings. The highest BCUT2D eigenvalue weighted by Crippen LogP contribution is 2.38. The molecule has 0 aliphatic carbocycles. The van der Waals surface area contributed by atoms with E-state index in [1.807, 2.05) is 6.92 Å². The minimum Gasteiger partial charge on any atom is -0.459 e. The third kappa shape index (κ3) is 4.67. The van der Waals surface area contributed by atoms with Crippen LogP contribution in [-0.4, -0.2) is 70.1 Å². The van der Waals surface area contributed by atoms with E-state index in [0.29, 0.717) is 12.8 Å². The van der Waals surface area contributed by atoms with E-state index < -0.39 is 40.9 Å².